The van der Waals surface area contributed by atoms with E-state index in [9.17, 15) is 14.4 Å². The second kappa shape index (κ2) is 4.97. The van der Waals surface area contributed by atoms with Gasteiger partial charge < -0.3 is 16.0 Å². The van der Waals surface area contributed by atoms with Gasteiger partial charge in [0.15, 0.2) is 5.78 Å². The van der Waals surface area contributed by atoms with E-state index in [0.717, 1.165) is 0 Å². The zero-order valence-corrected chi connectivity index (χ0v) is 9.68. The molecule has 1 aliphatic rings. The lowest BCUT2D eigenvalue weighted by molar-refractivity contribution is -0.128. The van der Waals surface area contributed by atoms with Crippen LogP contribution in [0.4, 0.5) is 5.69 Å². The van der Waals surface area contributed by atoms with Crippen LogP contribution in [0.1, 0.15) is 10.4 Å². The molecular formula is C12H13N3O3. The number of nitrogens with zero attached hydrogens (tertiary/aromatic N) is 1. The van der Waals surface area contributed by atoms with Crippen molar-refractivity contribution < 1.29 is 14.4 Å². The van der Waals surface area contributed by atoms with Crippen molar-refractivity contribution in [3.05, 3.63) is 29.8 Å². The first kappa shape index (κ1) is 12.3. The molecule has 0 unspecified atom stereocenters. The number of benzene rings is 1. The Hall–Kier alpha value is -2.21. The van der Waals surface area contributed by atoms with Crippen molar-refractivity contribution in [2.45, 2.75) is 0 Å². The molecule has 1 fully saturated rings. The van der Waals surface area contributed by atoms with E-state index < -0.39 is 0 Å². The molecule has 6 nitrogen and oxygen atoms in total. The second-order valence-corrected chi connectivity index (χ2v) is 3.93. The number of carbonyl (C=O) groups excluding carboxylic acids is 3. The summed E-state index contributed by atoms with van der Waals surface area (Å²) in [5.41, 5.74) is 6.26. The zero-order chi connectivity index (χ0) is 13.1. The molecule has 2 amide bonds. The maximum Gasteiger partial charge on any atom is 0.246 e. The van der Waals surface area contributed by atoms with Crippen molar-refractivity contribution in [1.82, 2.24) is 5.32 Å². The highest BCUT2D eigenvalue weighted by Gasteiger charge is 2.24. The van der Waals surface area contributed by atoms with Crippen LogP contribution in [0.3, 0.4) is 0 Å². The van der Waals surface area contributed by atoms with Gasteiger partial charge >= 0.3 is 0 Å². The monoisotopic (exact) mass is 247 g/mol. The van der Waals surface area contributed by atoms with Crippen molar-refractivity contribution in [2.75, 3.05) is 24.5 Å². The molecule has 0 spiro atoms. The van der Waals surface area contributed by atoms with Crippen LogP contribution < -0.4 is 16.0 Å². The number of hydrogen-bond acceptors (Lipinski definition) is 4. The summed E-state index contributed by atoms with van der Waals surface area (Å²) in [4.78, 5) is 35.8. The van der Waals surface area contributed by atoms with Crippen LogP contribution in [0.25, 0.3) is 0 Å². The fourth-order valence-corrected chi connectivity index (χ4v) is 1.76. The summed E-state index contributed by atoms with van der Waals surface area (Å²) in [5, 5.41) is 2.46. The van der Waals surface area contributed by atoms with Crippen LogP contribution in [-0.4, -0.2) is 37.2 Å². The van der Waals surface area contributed by atoms with Gasteiger partial charge in [-0.3, -0.25) is 14.4 Å². The van der Waals surface area contributed by atoms with E-state index in [4.69, 9.17) is 5.73 Å². The summed E-state index contributed by atoms with van der Waals surface area (Å²) in [6.45, 7) is -0.134. The van der Waals surface area contributed by atoms with E-state index in [1.165, 1.54) is 4.90 Å². The average molecular weight is 247 g/mol. The minimum atomic E-state index is -0.217. The summed E-state index contributed by atoms with van der Waals surface area (Å²) in [7, 11) is 0. The van der Waals surface area contributed by atoms with Crippen molar-refractivity contribution in [3.8, 4) is 0 Å². The average Bonchev–Trinajstić information content (AvgIpc) is 2.40. The molecule has 1 aliphatic heterocycles. The number of nitrogens with two attached hydrogens (primary N) is 1. The van der Waals surface area contributed by atoms with Gasteiger partial charge in [0.05, 0.1) is 13.1 Å². The molecule has 0 bridgehead atoms. The Bertz CT molecular complexity index is 513. The zero-order valence-electron chi connectivity index (χ0n) is 9.68. The van der Waals surface area contributed by atoms with E-state index in [1.807, 2.05) is 0 Å². The van der Waals surface area contributed by atoms with Gasteiger partial charge in [-0.25, -0.2) is 0 Å². The maximum atomic E-state index is 11.7. The summed E-state index contributed by atoms with van der Waals surface area (Å²) in [5.74, 6) is -0.622. The lowest BCUT2D eigenvalue weighted by Gasteiger charge is -2.26. The van der Waals surface area contributed by atoms with Gasteiger partial charge in [0, 0.05) is 11.3 Å². The second-order valence-electron chi connectivity index (χ2n) is 3.93. The first-order chi connectivity index (χ1) is 8.61. The highest BCUT2D eigenvalue weighted by Crippen LogP contribution is 2.17. The third-order valence-electron chi connectivity index (χ3n) is 2.70. The van der Waals surface area contributed by atoms with Crippen molar-refractivity contribution in [1.29, 1.82) is 0 Å². The number of piperazine rings is 1. The normalized spacial score (nSPS) is 15.5. The van der Waals surface area contributed by atoms with Gasteiger partial charge in [-0.2, -0.15) is 0 Å². The number of rotatable bonds is 3. The molecule has 1 aromatic carbocycles. The maximum absolute atomic E-state index is 11.7. The molecule has 0 saturated carbocycles. The van der Waals surface area contributed by atoms with E-state index in [0.29, 0.717) is 11.3 Å². The molecule has 0 atom stereocenters. The van der Waals surface area contributed by atoms with Crippen LogP contribution >= 0.6 is 0 Å². The summed E-state index contributed by atoms with van der Waals surface area (Å²) < 4.78 is 0. The van der Waals surface area contributed by atoms with Crippen molar-refractivity contribution in [2.24, 2.45) is 5.73 Å². The summed E-state index contributed by atoms with van der Waals surface area (Å²) in [6.07, 6.45) is 0. The van der Waals surface area contributed by atoms with Crippen LogP contribution in [0, 0.1) is 0 Å². The first-order valence-corrected chi connectivity index (χ1v) is 5.52. The Kier molecular flexibility index (Phi) is 3.38. The predicted octanol–water partition coefficient (Wildman–Crippen LogP) is -0.709. The molecule has 0 radical (unpaired) electrons. The Morgan fingerprint density at radius 1 is 1.39 bits per heavy atom. The topological polar surface area (TPSA) is 92.5 Å². The van der Waals surface area contributed by atoms with Gasteiger partial charge in [-0.1, -0.05) is 12.1 Å². The highest BCUT2D eigenvalue weighted by molar-refractivity contribution is 6.05. The van der Waals surface area contributed by atoms with E-state index in [2.05, 4.69) is 5.32 Å². The first-order valence-electron chi connectivity index (χ1n) is 5.52. The summed E-state index contributed by atoms with van der Waals surface area (Å²) >= 11 is 0. The standard InChI is InChI=1S/C12H13N3O3/c13-5-10(16)8-2-1-3-9(4-8)15-7-11(17)14-6-12(15)18/h1-4H,5-7,13H2,(H,14,17). The number of amides is 2. The van der Waals surface area contributed by atoms with E-state index in [1.54, 1.807) is 24.3 Å². The third kappa shape index (κ3) is 2.38. The molecule has 94 valence electrons. The van der Waals surface area contributed by atoms with Crippen LogP contribution in [0.15, 0.2) is 24.3 Å². The molecule has 2 rings (SSSR count). The number of anilines is 1. The predicted molar refractivity (Wildman–Crippen MR) is 65.2 cm³/mol. The molecule has 0 aliphatic carbocycles. The van der Waals surface area contributed by atoms with Crippen LogP contribution in [0.2, 0.25) is 0 Å². The summed E-state index contributed by atoms with van der Waals surface area (Å²) in [6, 6.07) is 6.56. The van der Waals surface area contributed by atoms with Crippen LogP contribution in [-0.2, 0) is 9.59 Å². The Morgan fingerprint density at radius 2 is 2.17 bits per heavy atom. The van der Waals surface area contributed by atoms with Gasteiger partial charge in [-0.05, 0) is 12.1 Å². The molecule has 6 heteroatoms. The quantitative estimate of drug-likeness (QED) is 0.690. The fourth-order valence-electron chi connectivity index (χ4n) is 1.76. The number of nitrogens with one attached hydrogen (secondary N) is 1. The van der Waals surface area contributed by atoms with Gasteiger partial charge in [-0.15, -0.1) is 0 Å². The Labute approximate surface area is 104 Å². The van der Waals surface area contributed by atoms with Crippen LogP contribution in [0.5, 0.6) is 0 Å². The van der Waals surface area contributed by atoms with Gasteiger partial charge in [0.25, 0.3) is 0 Å². The molecule has 1 heterocycles. The Balaban J connectivity index is 2.29. The SMILES string of the molecule is NCC(=O)c1cccc(N2CC(=O)NCC2=O)c1. The number of ketones is 1. The molecule has 3 N–H and O–H groups in total. The van der Waals surface area contributed by atoms with Crippen molar-refractivity contribution >= 4 is 23.3 Å². The highest BCUT2D eigenvalue weighted by atomic mass is 16.2. The van der Waals surface area contributed by atoms with Gasteiger partial charge in [0.2, 0.25) is 11.8 Å². The number of carbonyl (C=O) groups is 3. The minimum absolute atomic E-state index is 0.0199. The largest absolute Gasteiger partial charge is 0.345 e. The van der Waals surface area contributed by atoms with E-state index in [-0.39, 0.29) is 37.2 Å². The molecule has 0 aromatic heterocycles. The molecule has 1 saturated heterocycles. The Morgan fingerprint density at radius 3 is 2.89 bits per heavy atom. The minimum Gasteiger partial charge on any atom is -0.345 e. The number of Topliss-reactive ketones (excluding diaryl/α,β-unsaturated/α-hetero) is 1. The molecule has 18 heavy (non-hydrogen) atoms. The fraction of sp³-hybridized carbons (Fsp3) is 0.250. The van der Waals surface area contributed by atoms with E-state index >= 15 is 0 Å². The molecular weight excluding hydrogens is 234 g/mol. The van der Waals surface area contributed by atoms with Crippen molar-refractivity contribution in [3.63, 3.8) is 0 Å². The third-order valence-corrected chi connectivity index (χ3v) is 2.70. The smallest absolute Gasteiger partial charge is 0.246 e. The lowest BCUT2D eigenvalue weighted by Crippen LogP contribution is -2.51. The van der Waals surface area contributed by atoms with Gasteiger partial charge in [0.1, 0.15) is 6.54 Å². The lowest BCUT2D eigenvalue weighted by atomic mass is 10.1. The number of hydrogen-bond donors (Lipinski definition) is 2. The molecule has 1 aromatic rings.